The Kier molecular flexibility index (Phi) is 6.26. The molecule has 24 heavy (non-hydrogen) atoms. The lowest BCUT2D eigenvalue weighted by molar-refractivity contribution is -0.116. The maximum atomic E-state index is 12.4. The molecule has 0 saturated heterocycles. The monoisotopic (exact) mass is 343 g/mol. The minimum absolute atomic E-state index is 0.137. The molecule has 2 aromatic rings. The van der Waals surface area contributed by atoms with Crippen molar-refractivity contribution in [3.8, 4) is 0 Å². The molecule has 2 rings (SSSR count). The number of hydrogen-bond donors (Lipinski definition) is 3. The maximum absolute atomic E-state index is 12.4. The fourth-order valence-electron chi connectivity index (χ4n) is 2.20. The molecule has 3 N–H and O–H groups in total. The SMILES string of the molecule is CNC(=O)c1cccc(N[C@@H](C)C(=O)Nc2ccccc2SC)c1. The lowest BCUT2D eigenvalue weighted by atomic mass is 10.1. The van der Waals surface area contributed by atoms with Crippen LogP contribution in [0.5, 0.6) is 0 Å². The number of hydrogen-bond acceptors (Lipinski definition) is 4. The van der Waals surface area contributed by atoms with E-state index in [2.05, 4.69) is 16.0 Å². The molecule has 0 heterocycles. The van der Waals surface area contributed by atoms with E-state index in [1.165, 1.54) is 0 Å². The van der Waals surface area contributed by atoms with Crippen molar-refractivity contribution in [2.45, 2.75) is 17.9 Å². The van der Waals surface area contributed by atoms with Crippen LogP contribution in [0.25, 0.3) is 0 Å². The van der Waals surface area contributed by atoms with Crippen LogP contribution in [0.2, 0.25) is 0 Å². The predicted molar refractivity (Wildman–Crippen MR) is 99.8 cm³/mol. The van der Waals surface area contributed by atoms with Gasteiger partial charge < -0.3 is 16.0 Å². The molecule has 0 saturated carbocycles. The zero-order valence-electron chi connectivity index (χ0n) is 13.9. The molecule has 6 heteroatoms. The van der Waals surface area contributed by atoms with Gasteiger partial charge in [0.2, 0.25) is 5.91 Å². The maximum Gasteiger partial charge on any atom is 0.251 e. The lowest BCUT2D eigenvalue weighted by Gasteiger charge is -2.17. The van der Waals surface area contributed by atoms with Gasteiger partial charge >= 0.3 is 0 Å². The topological polar surface area (TPSA) is 70.2 Å². The molecule has 0 bridgehead atoms. The molecule has 0 aromatic heterocycles. The average Bonchev–Trinajstić information content (AvgIpc) is 2.61. The number of anilines is 2. The zero-order valence-corrected chi connectivity index (χ0v) is 14.7. The van der Waals surface area contributed by atoms with E-state index in [1.54, 1.807) is 43.9 Å². The summed E-state index contributed by atoms with van der Waals surface area (Å²) >= 11 is 1.58. The van der Waals surface area contributed by atoms with Gasteiger partial charge in [0, 0.05) is 23.2 Å². The molecular weight excluding hydrogens is 322 g/mol. The second kappa shape index (κ2) is 8.40. The van der Waals surface area contributed by atoms with Crippen LogP contribution in [0.4, 0.5) is 11.4 Å². The fourth-order valence-corrected chi connectivity index (χ4v) is 2.75. The molecule has 0 aliphatic rings. The number of benzene rings is 2. The molecule has 1 atom stereocenters. The average molecular weight is 343 g/mol. The van der Waals surface area contributed by atoms with Crippen LogP contribution in [0.15, 0.2) is 53.4 Å². The van der Waals surface area contributed by atoms with E-state index in [1.807, 2.05) is 36.6 Å². The van der Waals surface area contributed by atoms with Crippen molar-refractivity contribution >= 4 is 35.0 Å². The molecule has 126 valence electrons. The molecule has 5 nitrogen and oxygen atoms in total. The minimum atomic E-state index is -0.445. The summed E-state index contributed by atoms with van der Waals surface area (Å²) < 4.78 is 0. The standard InChI is InChI=1S/C18H21N3O2S/c1-12(17(22)21-15-9-4-5-10-16(15)24-3)20-14-8-6-7-13(11-14)18(23)19-2/h4-12,20H,1-3H3,(H,19,23)(H,21,22)/t12-/m0/s1. The third-order valence-corrected chi connectivity index (χ3v) is 4.29. The van der Waals surface area contributed by atoms with Gasteiger partial charge in [0.05, 0.1) is 5.69 Å². The predicted octanol–water partition coefficient (Wildman–Crippen LogP) is 3.21. The Morgan fingerprint density at radius 3 is 2.54 bits per heavy atom. The van der Waals surface area contributed by atoms with E-state index >= 15 is 0 Å². The van der Waals surface area contributed by atoms with Gasteiger partial charge in [-0.25, -0.2) is 0 Å². The van der Waals surface area contributed by atoms with Crippen LogP contribution in [-0.4, -0.2) is 31.2 Å². The smallest absolute Gasteiger partial charge is 0.251 e. The van der Waals surface area contributed by atoms with E-state index in [-0.39, 0.29) is 11.8 Å². The Bertz CT molecular complexity index is 734. The van der Waals surface area contributed by atoms with Crippen molar-refractivity contribution < 1.29 is 9.59 Å². The highest BCUT2D eigenvalue weighted by Crippen LogP contribution is 2.24. The summed E-state index contributed by atoms with van der Waals surface area (Å²) in [6.45, 7) is 1.78. The minimum Gasteiger partial charge on any atom is -0.374 e. The van der Waals surface area contributed by atoms with Gasteiger partial charge in [-0.3, -0.25) is 9.59 Å². The van der Waals surface area contributed by atoms with Crippen LogP contribution < -0.4 is 16.0 Å². The fraction of sp³-hybridized carbons (Fsp3) is 0.222. The van der Waals surface area contributed by atoms with Crippen LogP contribution in [-0.2, 0) is 4.79 Å². The summed E-state index contributed by atoms with van der Waals surface area (Å²) in [6, 6.07) is 14.3. The summed E-state index contributed by atoms with van der Waals surface area (Å²) in [5, 5.41) is 8.63. The van der Waals surface area contributed by atoms with Gasteiger partial charge in [-0.15, -0.1) is 11.8 Å². The molecule has 0 aliphatic carbocycles. The third kappa shape index (κ3) is 4.52. The van der Waals surface area contributed by atoms with E-state index in [0.29, 0.717) is 5.56 Å². The van der Waals surface area contributed by atoms with Crippen molar-refractivity contribution in [2.24, 2.45) is 0 Å². The highest BCUT2D eigenvalue weighted by Gasteiger charge is 2.15. The molecule has 2 amide bonds. The number of carbonyl (C=O) groups excluding carboxylic acids is 2. The first-order valence-corrected chi connectivity index (χ1v) is 8.80. The molecule has 0 aliphatic heterocycles. The van der Waals surface area contributed by atoms with Crippen molar-refractivity contribution in [1.82, 2.24) is 5.32 Å². The number of para-hydroxylation sites is 1. The largest absolute Gasteiger partial charge is 0.374 e. The van der Waals surface area contributed by atoms with Crippen molar-refractivity contribution in [3.63, 3.8) is 0 Å². The molecule has 0 radical (unpaired) electrons. The van der Waals surface area contributed by atoms with Crippen molar-refractivity contribution in [3.05, 3.63) is 54.1 Å². The number of nitrogens with one attached hydrogen (secondary N) is 3. The highest BCUT2D eigenvalue weighted by molar-refractivity contribution is 7.98. The Labute approximate surface area is 146 Å². The molecule has 0 spiro atoms. The van der Waals surface area contributed by atoms with E-state index in [9.17, 15) is 9.59 Å². The van der Waals surface area contributed by atoms with Crippen LogP contribution in [0.1, 0.15) is 17.3 Å². The summed E-state index contributed by atoms with van der Waals surface area (Å²) in [7, 11) is 1.59. The van der Waals surface area contributed by atoms with E-state index < -0.39 is 6.04 Å². The van der Waals surface area contributed by atoms with Gasteiger partial charge in [0.15, 0.2) is 0 Å². The summed E-state index contributed by atoms with van der Waals surface area (Å²) in [5.41, 5.74) is 2.06. The van der Waals surface area contributed by atoms with Crippen molar-refractivity contribution in [2.75, 3.05) is 23.9 Å². The van der Waals surface area contributed by atoms with Gasteiger partial charge in [-0.1, -0.05) is 18.2 Å². The molecule has 2 aromatic carbocycles. The second-order valence-electron chi connectivity index (χ2n) is 5.22. The second-order valence-corrected chi connectivity index (χ2v) is 6.06. The molecular formula is C18H21N3O2S. The first-order valence-electron chi connectivity index (χ1n) is 7.57. The van der Waals surface area contributed by atoms with Crippen LogP contribution >= 0.6 is 11.8 Å². The number of rotatable bonds is 6. The molecule has 0 unspecified atom stereocenters. The Balaban J connectivity index is 2.05. The summed E-state index contributed by atoms with van der Waals surface area (Å²) in [5.74, 6) is -0.300. The van der Waals surface area contributed by atoms with Gasteiger partial charge in [-0.05, 0) is 43.5 Å². The Morgan fingerprint density at radius 1 is 1.08 bits per heavy atom. The highest BCUT2D eigenvalue weighted by atomic mass is 32.2. The number of amides is 2. The summed E-state index contributed by atoms with van der Waals surface area (Å²) in [4.78, 5) is 25.1. The van der Waals surface area contributed by atoms with Gasteiger partial charge in [-0.2, -0.15) is 0 Å². The van der Waals surface area contributed by atoms with Crippen LogP contribution in [0.3, 0.4) is 0 Å². The lowest BCUT2D eigenvalue weighted by Crippen LogP contribution is -2.32. The quantitative estimate of drug-likeness (QED) is 0.705. The van der Waals surface area contributed by atoms with E-state index in [4.69, 9.17) is 0 Å². The van der Waals surface area contributed by atoms with Crippen molar-refractivity contribution in [1.29, 1.82) is 0 Å². The first kappa shape index (κ1) is 17.9. The number of thioether (sulfide) groups is 1. The normalized spacial score (nSPS) is 11.5. The zero-order chi connectivity index (χ0) is 17.5. The number of carbonyl (C=O) groups is 2. The molecule has 0 fully saturated rings. The van der Waals surface area contributed by atoms with Gasteiger partial charge in [0.1, 0.15) is 6.04 Å². The first-order chi connectivity index (χ1) is 11.5. The summed E-state index contributed by atoms with van der Waals surface area (Å²) in [6.07, 6.45) is 1.97. The Morgan fingerprint density at radius 2 is 1.83 bits per heavy atom. The Hall–Kier alpha value is -2.47. The van der Waals surface area contributed by atoms with Crippen LogP contribution in [0, 0.1) is 0 Å². The van der Waals surface area contributed by atoms with Gasteiger partial charge in [0.25, 0.3) is 5.91 Å². The van der Waals surface area contributed by atoms with E-state index in [0.717, 1.165) is 16.3 Å². The third-order valence-electron chi connectivity index (χ3n) is 3.49.